The quantitative estimate of drug-likeness (QED) is 0.0205. The fourth-order valence-corrected chi connectivity index (χ4v) is 5.89. The number of aliphatic hydroxyl groups excluding tert-OH is 1. The van der Waals surface area contributed by atoms with E-state index in [1.54, 1.807) is 0 Å². The van der Waals surface area contributed by atoms with Crippen LogP contribution in [0.5, 0.6) is 0 Å². The number of carbonyl (C=O) groups excluding carboxylic acids is 2. The second kappa shape index (κ2) is 39.1. The van der Waals surface area contributed by atoms with Gasteiger partial charge in [0, 0.05) is 12.8 Å². The number of phosphoric acid groups is 1. The number of ether oxygens (including phenoxy) is 2. The summed E-state index contributed by atoms with van der Waals surface area (Å²) < 4.78 is 34.2. The summed E-state index contributed by atoms with van der Waals surface area (Å²) in [7, 11) is 1.39. The molecule has 0 aliphatic rings. The maximum Gasteiger partial charge on any atom is 0.472 e. The van der Waals surface area contributed by atoms with Gasteiger partial charge in [-0.15, -0.1) is 0 Å². The highest BCUT2D eigenvalue weighted by Crippen LogP contribution is 2.43. The fraction of sp³-hybridized carbons (Fsp3) is 0.625. The Balaban J connectivity index is 4.53. The van der Waals surface area contributed by atoms with E-state index in [9.17, 15) is 24.2 Å². The molecule has 0 saturated heterocycles. The van der Waals surface area contributed by atoms with Gasteiger partial charge in [0.25, 0.3) is 0 Å². The third kappa shape index (κ3) is 42.8. The summed E-state index contributed by atoms with van der Waals surface area (Å²) in [5, 5.41) is 9.57. The van der Waals surface area contributed by atoms with Gasteiger partial charge in [0.1, 0.15) is 19.8 Å². The topological polar surface area (TPSA) is 129 Å². The van der Waals surface area contributed by atoms with Gasteiger partial charge in [-0.2, -0.15) is 0 Å². The lowest BCUT2D eigenvalue weighted by molar-refractivity contribution is -0.870. The zero-order valence-corrected chi connectivity index (χ0v) is 38.2. The molecule has 0 aliphatic heterocycles. The van der Waals surface area contributed by atoms with Crippen LogP contribution in [0, 0.1) is 0 Å². The van der Waals surface area contributed by atoms with Crippen LogP contribution in [0.25, 0.3) is 0 Å². The number of allylic oxidation sites excluding steroid dienone is 16. The van der Waals surface area contributed by atoms with Crippen molar-refractivity contribution >= 4 is 19.8 Å². The average molecular weight is 847 g/mol. The molecular weight excluding hydrogens is 765 g/mol. The van der Waals surface area contributed by atoms with Gasteiger partial charge in [-0.25, -0.2) is 4.57 Å². The summed E-state index contributed by atoms with van der Waals surface area (Å²) in [6.07, 6.45) is 48.3. The van der Waals surface area contributed by atoms with E-state index < -0.39 is 32.5 Å². The molecule has 0 saturated carbocycles. The van der Waals surface area contributed by atoms with Crippen LogP contribution in [0.15, 0.2) is 97.2 Å². The molecule has 0 bridgehead atoms. The highest BCUT2D eigenvalue weighted by atomic mass is 31.2. The molecule has 0 aromatic rings. The van der Waals surface area contributed by atoms with Crippen LogP contribution in [0.4, 0.5) is 0 Å². The predicted molar refractivity (Wildman–Crippen MR) is 244 cm³/mol. The number of phosphoric ester groups is 1. The van der Waals surface area contributed by atoms with Crippen molar-refractivity contribution in [3.63, 3.8) is 0 Å². The number of aliphatic hydroxyl groups is 1. The molecule has 1 unspecified atom stereocenters. The molecule has 2 N–H and O–H groups in total. The molecule has 0 radical (unpaired) electrons. The minimum Gasteiger partial charge on any atom is -0.462 e. The summed E-state index contributed by atoms with van der Waals surface area (Å²) in [4.78, 5) is 35.4. The second-order valence-electron chi connectivity index (χ2n) is 15.5. The molecule has 11 heteroatoms. The molecule has 0 aromatic carbocycles. The molecule has 0 spiro atoms. The molecule has 336 valence electrons. The number of hydrogen-bond donors (Lipinski definition) is 2. The summed E-state index contributed by atoms with van der Waals surface area (Å²) in [5.74, 6) is -0.922. The molecule has 0 fully saturated rings. The van der Waals surface area contributed by atoms with E-state index in [1.807, 2.05) is 34.1 Å². The first-order valence-electron chi connectivity index (χ1n) is 22.0. The van der Waals surface area contributed by atoms with Crippen LogP contribution in [0.1, 0.15) is 136 Å². The Kier molecular flexibility index (Phi) is 37.0. The lowest BCUT2D eigenvalue weighted by Gasteiger charge is -2.24. The molecule has 0 rings (SSSR count). The Morgan fingerprint density at radius 3 is 1.59 bits per heavy atom. The highest BCUT2D eigenvalue weighted by Gasteiger charge is 2.27. The zero-order chi connectivity index (χ0) is 43.7. The van der Waals surface area contributed by atoms with Gasteiger partial charge in [0.05, 0.1) is 33.9 Å². The van der Waals surface area contributed by atoms with Gasteiger partial charge in [0.2, 0.25) is 0 Å². The zero-order valence-electron chi connectivity index (χ0n) is 37.3. The van der Waals surface area contributed by atoms with Crippen molar-refractivity contribution in [2.45, 2.75) is 148 Å². The van der Waals surface area contributed by atoms with E-state index in [1.165, 1.54) is 0 Å². The van der Waals surface area contributed by atoms with Crippen LogP contribution >= 0.6 is 7.82 Å². The van der Waals surface area contributed by atoms with Crippen LogP contribution in [0.3, 0.4) is 0 Å². The van der Waals surface area contributed by atoms with E-state index in [-0.39, 0.29) is 32.2 Å². The number of esters is 2. The van der Waals surface area contributed by atoms with Crippen molar-refractivity contribution in [1.82, 2.24) is 0 Å². The summed E-state index contributed by atoms with van der Waals surface area (Å²) in [6.45, 7) is 3.89. The number of unbranched alkanes of at least 4 members (excludes halogenated alkanes) is 5. The third-order valence-corrected chi connectivity index (χ3v) is 9.75. The SMILES string of the molecule is CC/C=C\C/C=C\C/C=C\C/C=C\CCCCCCC(=O)OC[C@H](COP(=O)(O)OCC[N+](C)(C)C)OC(=O)CCC/C=C\C/C=C\C/C=C\C/C=C\CC[C@H](O)CC. The number of nitrogens with zero attached hydrogens (tertiary/aromatic N) is 1. The maximum absolute atomic E-state index is 12.7. The average Bonchev–Trinajstić information content (AvgIpc) is 3.19. The maximum atomic E-state index is 12.7. The molecular formula is C48H81NO9P+. The first-order chi connectivity index (χ1) is 28.4. The predicted octanol–water partition coefficient (Wildman–Crippen LogP) is 11.5. The molecule has 0 aliphatic carbocycles. The normalized spacial score (nSPS) is 15.0. The lowest BCUT2D eigenvalue weighted by atomic mass is 10.1. The smallest absolute Gasteiger partial charge is 0.462 e. The van der Waals surface area contributed by atoms with E-state index >= 15 is 0 Å². The summed E-state index contributed by atoms with van der Waals surface area (Å²) in [6, 6.07) is 0. The Morgan fingerprint density at radius 1 is 0.593 bits per heavy atom. The van der Waals surface area contributed by atoms with Crippen molar-refractivity contribution in [3.05, 3.63) is 97.2 Å². The monoisotopic (exact) mass is 847 g/mol. The standard InChI is InChI=1S/C48H80NO9P/c1-6-8-9-10-11-12-13-14-15-16-17-21-24-27-30-33-36-39-47(51)55-43-46(44-57-59(53,54)56-42-41-49(3,4)5)58-48(52)40-37-34-31-28-25-22-19-18-20-23-26-29-32-35-38-45(50)7-2/h8-9,11-12,14-15,17,19-23,28-29,31-32,45-46,50H,6-7,10,13,16,18,24-27,30,33-44H2,1-5H3/p+1/b9-8-,12-11-,15-14-,21-17-,22-19-,23-20-,31-28-,32-29-/t45-,46-/m1/s1. The minimum atomic E-state index is -4.41. The van der Waals surface area contributed by atoms with Gasteiger partial charge in [-0.1, -0.05) is 124 Å². The molecule has 59 heavy (non-hydrogen) atoms. The Hall–Kier alpha value is -3.11. The Labute approximate surface area is 358 Å². The molecule has 10 nitrogen and oxygen atoms in total. The number of hydrogen-bond acceptors (Lipinski definition) is 8. The van der Waals surface area contributed by atoms with Crippen LogP contribution in [0.2, 0.25) is 0 Å². The van der Waals surface area contributed by atoms with Crippen LogP contribution in [-0.4, -0.2) is 86.1 Å². The molecule has 3 atom stereocenters. The third-order valence-electron chi connectivity index (χ3n) is 8.76. The van der Waals surface area contributed by atoms with Crippen molar-refractivity contribution in [3.8, 4) is 0 Å². The largest absolute Gasteiger partial charge is 0.472 e. The number of quaternary nitrogens is 1. The van der Waals surface area contributed by atoms with E-state index in [0.717, 1.165) is 89.9 Å². The van der Waals surface area contributed by atoms with Crippen molar-refractivity contribution in [2.75, 3.05) is 47.5 Å². The first kappa shape index (κ1) is 55.9. The van der Waals surface area contributed by atoms with Crippen LogP contribution < -0.4 is 0 Å². The van der Waals surface area contributed by atoms with Crippen molar-refractivity contribution in [1.29, 1.82) is 0 Å². The molecule has 0 amide bonds. The van der Waals surface area contributed by atoms with E-state index in [4.69, 9.17) is 18.5 Å². The van der Waals surface area contributed by atoms with E-state index in [0.29, 0.717) is 30.3 Å². The van der Waals surface area contributed by atoms with Gasteiger partial charge >= 0.3 is 19.8 Å². The van der Waals surface area contributed by atoms with Gasteiger partial charge in [-0.3, -0.25) is 18.6 Å². The second-order valence-corrected chi connectivity index (χ2v) is 16.9. The van der Waals surface area contributed by atoms with Gasteiger partial charge in [-0.05, 0) is 96.3 Å². The number of carbonyl (C=O) groups is 2. The van der Waals surface area contributed by atoms with Crippen LogP contribution in [-0.2, 0) is 32.7 Å². The van der Waals surface area contributed by atoms with E-state index in [2.05, 4.69) is 98.1 Å². The Bertz CT molecular complexity index is 1340. The van der Waals surface area contributed by atoms with Gasteiger partial charge < -0.3 is 24.0 Å². The number of likely N-dealkylation sites (N-methyl/N-ethyl adjacent to an activating group) is 1. The molecule has 0 aromatic heterocycles. The highest BCUT2D eigenvalue weighted by molar-refractivity contribution is 7.47. The lowest BCUT2D eigenvalue weighted by Crippen LogP contribution is -2.37. The minimum absolute atomic E-state index is 0.00516. The Morgan fingerprint density at radius 2 is 1.07 bits per heavy atom. The van der Waals surface area contributed by atoms with Crippen molar-refractivity contribution < 1.29 is 47.2 Å². The first-order valence-corrected chi connectivity index (χ1v) is 23.5. The van der Waals surface area contributed by atoms with Crippen molar-refractivity contribution in [2.24, 2.45) is 0 Å². The molecule has 0 heterocycles. The summed E-state index contributed by atoms with van der Waals surface area (Å²) >= 11 is 0. The fourth-order valence-electron chi connectivity index (χ4n) is 5.15. The number of rotatable bonds is 38. The summed E-state index contributed by atoms with van der Waals surface area (Å²) in [5.41, 5.74) is 0. The van der Waals surface area contributed by atoms with Gasteiger partial charge in [0.15, 0.2) is 6.10 Å².